The molecule has 6 heteroatoms. The first-order chi connectivity index (χ1) is 13.1. The highest BCUT2D eigenvalue weighted by atomic mass is 16.5. The Morgan fingerprint density at radius 3 is 2.67 bits per heavy atom. The van der Waals surface area contributed by atoms with Crippen LogP contribution in [0, 0.1) is 0 Å². The van der Waals surface area contributed by atoms with Crippen LogP contribution in [-0.4, -0.2) is 62.7 Å². The number of amides is 1. The van der Waals surface area contributed by atoms with Crippen LogP contribution in [0.15, 0.2) is 47.1 Å². The van der Waals surface area contributed by atoms with Crippen LogP contribution in [0.1, 0.15) is 34.1 Å². The van der Waals surface area contributed by atoms with Gasteiger partial charge >= 0.3 is 0 Å². The number of nitrogens with one attached hydrogen (secondary N) is 1. The van der Waals surface area contributed by atoms with Crippen molar-refractivity contribution in [1.82, 2.24) is 15.1 Å². The third-order valence-corrected chi connectivity index (χ3v) is 4.77. The van der Waals surface area contributed by atoms with E-state index < -0.39 is 0 Å². The summed E-state index contributed by atoms with van der Waals surface area (Å²) in [5.41, 5.74) is 1.69. The predicted molar refractivity (Wildman–Crippen MR) is 105 cm³/mol. The molecule has 3 rings (SSSR count). The van der Waals surface area contributed by atoms with Crippen LogP contribution in [-0.2, 0) is 11.3 Å². The number of hydrogen-bond acceptors (Lipinski definition) is 5. The molecule has 1 saturated heterocycles. The van der Waals surface area contributed by atoms with Crippen LogP contribution in [0.5, 0.6) is 0 Å². The second kappa shape index (κ2) is 9.69. The molecule has 0 bridgehead atoms. The Morgan fingerprint density at radius 2 is 1.96 bits per heavy atom. The summed E-state index contributed by atoms with van der Waals surface area (Å²) in [5, 5.41) is 3.16. The van der Waals surface area contributed by atoms with E-state index >= 15 is 0 Å². The zero-order chi connectivity index (χ0) is 19.1. The molecule has 27 heavy (non-hydrogen) atoms. The minimum atomic E-state index is -0.0976. The quantitative estimate of drug-likeness (QED) is 0.773. The van der Waals surface area contributed by atoms with Crippen molar-refractivity contribution in [3.63, 3.8) is 0 Å². The van der Waals surface area contributed by atoms with E-state index in [1.54, 1.807) is 6.26 Å². The molecular weight excluding hydrogens is 342 g/mol. The average molecular weight is 371 g/mol. The maximum Gasteiger partial charge on any atom is 0.255 e. The summed E-state index contributed by atoms with van der Waals surface area (Å²) in [6, 6.07) is 11.9. The van der Waals surface area contributed by atoms with Crippen molar-refractivity contribution in [2.45, 2.75) is 19.0 Å². The first kappa shape index (κ1) is 19.6. The molecule has 146 valence electrons. The summed E-state index contributed by atoms with van der Waals surface area (Å²) in [7, 11) is 4.08. The highest BCUT2D eigenvalue weighted by Crippen LogP contribution is 2.19. The zero-order valence-electron chi connectivity index (χ0n) is 16.2. The van der Waals surface area contributed by atoms with Crippen LogP contribution >= 0.6 is 0 Å². The molecule has 1 aliphatic heterocycles. The monoisotopic (exact) mass is 371 g/mol. The summed E-state index contributed by atoms with van der Waals surface area (Å²) in [4.78, 5) is 17.2. The highest BCUT2D eigenvalue weighted by molar-refractivity contribution is 5.94. The van der Waals surface area contributed by atoms with E-state index in [4.69, 9.17) is 9.15 Å². The Kier molecular flexibility index (Phi) is 7.04. The molecule has 1 unspecified atom stereocenters. The maximum atomic E-state index is 12.8. The number of benzene rings is 1. The van der Waals surface area contributed by atoms with Crippen molar-refractivity contribution in [3.8, 4) is 0 Å². The van der Waals surface area contributed by atoms with Crippen molar-refractivity contribution in [3.05, 3.63) is 59.5 Å². The van der Waals surface area contributed by atoms with Gasteiger partial charge in [0.05, 0.1) is 31.4 Å². The normalized spacial score (nSPS) is 16.4. The van der Waals surface area contributed by atoms with E-state index in [0.717, 1.165) is 50.6 Å². The largest absolute Gasteiger partial charge is 0.467 e. The topological polar surface area (TPSA) is 58.0 Å². The highest BCUT2D eigenvalue weighted by Gasteiger charge is 2.19. The van der Waals surface area contributed by atoms with Crippen LogP contribution in [0.3, 0.4) is 0 Å². The van der Waals surface area contributed by atoms with E-state index in [0.29, 0.717) is 12.1 Å². The first-order valence-electron chi connectivity index (χ1n) is 9.50. The van der Waals surface area contributed by atoms with Gasteiger partial charge in [0.1, 0.15) is 12.0 Å². The van der Waals surface area contributed by atoms with Gasteiger partial charge in [0, 0.05) is 13.1 Å². The number of ether oxygens (including phenoxy) is 1. The van der Waals surface area contributed by atoms with Gasteiger partial charge in [-0.3, -0.25) is 9.69 Å². The standard InChI is InChI=1S/C21H29N3O3/c1-23(2)9-8-20(17-6-4-3-5-7-17)22-21(25)18-14-19(27-16-18)15-24-10-12-26-13-11-24/h3-7,14,16,20H,8-13,15H2,1-2H3,(H,22,25). The Morgan fingerprint density at radius 1 is 1.22 bits per heavy atom. The van der Waals surface area contributed by atoms with E-state index in [1.807, 2.05) is 38.4 Å². The number of nitrogens with zero attached hydrogens (tertiary/aromatic N) is 2. The van der Waals surface area contributed by atoms with Crippen molar-refractivity contribution in [1.29, 1.82) is 0 Å². The number of carbonyl (C=O) groups is 1. The second-order valence-corrected chi connectivity index (χ2v) is 7.22. The molecule has 0 saturated carbocycles. The van der Waals surface area contributed by atoms with E-state index in [-0.39, 0.29) is 11.9 Å². The Bertz CT molecular complexity index is 708. The summed E-state index contributed by atoms with van der Waals surface area (Å²) >= 11 is 0. The maximum absolute atomic E-state index is 12.8. The van der Waals surface area contributed by atoms with Gasteiger partial charge in [0.15, 0.2) is 0 Å². The van der Waals surface area contributed by atoms with Crippen molar-refractivity contribution < 1.29 is 13.9 Å². The minimum absolute atomic E-state index is 0.0290. The third kappa shape index (κ3) is 5.92. The van der Waals surface area contributed by atoms with Gasteiger partial charge in [-0.25, -0.2) is 0 Å². The predicted octanol–water partition coefficient (Wildman–Crippen LogP) is 2.53. The molecule has 1 fully saturated rings. The summed E-state index contributed by atoms with van der Waals surface area (Å²) in [6.45, 7) is 4.88. The van der Waals surface area contributed by atoms with Gasteiger partial charge < -0.3 is 19.4 Å². The SMILES string of the molecule is CN(C)CCC(NC(=O)c1coc(CN2CCOCC2)c1)c1ccccc1. The first-order valence-corrected chi connectivity index (χ1v) is 9.50. The molecule has 1 atom stereocenters. The van der Waals surface area contributed by atoms with Crippen molar-refractivity contribution in [2.24, 2.45) is 0 Å². The number of hydrogen-bond donors (Lipinski definition) is 1. The van der Waals surface area contributed by atoms with Gasteiger partial charge in [-0.2, -0.15) is 0 Å². The number of rotatable bonds is 8. The average Bonchev–Trinajstić information content (AvgIpc) is 3.15. The van der Waals surface area contributed by atoms with Gasteiger partial charge in [0.2, 0.25) is 0 Å². The Hall–Kier alpha value is -2.15. The lowest BCUT2D eigenvalue weighted by molar-refractivity contribution is 0.0313. The molecule has 2 aromatic rings. The lowest BCUT2D eigenvalue weighted by Gasteiger charge is -2.25. The molecule has 1 aromatic carbocycles. The van der Waals surface area contributed by atoms with Crippen LogP contribution in [0.4, 0.5) is 0 Å². The second-order valence-electron chi connectivity index (χ2n) is 7.22. The fourth-order valence-electron chi connectivity index (χ4n) is 3.20. The molecule has 1 amide bonds. The molecular formula is C21H29N3O3. The molecule has 2 heterocycles. The summed E-state index contributed by atoms with van der Waals surface area (Å²) < 4.78 is 11.0. The fourth-order valence-corrected chi connectivity index (χ4v) is 3.20. The Balaban J connectivity index is 1.62. The molecule has 1 aliphatic rings. The fraction of sp³-hybridized carbons (Fsp3) is 0.476. The molecule has 1 N–H and O–H groups in total. The van der Waals surface area contributed by atoms with E-state index in [9.17, 15) is 4.79 Å². The number of furan rings is 1. The molecule has 0 aliphatic carbocycles. The lowest BCUT2D eigenvalue weighted by atomic mass is 10.0. The van der Waals surface area contributed by atoms with E-state index in [1.165, 1.54) is 0 Å². The Labute approximate surface area is 161 Å². The third-order valence-electron chi connectivity index (χ3n) is 4.77. The zero-order valence-corrected chi connectivity index (χ0v) is 16.2. The molecule has 1 aromatic heterocycles. The van der Waals surface area contributed by atoms with Crippen molar-refractivity contribution >= 4 is 5.91 Å². The number of morpholine rings is 1. The van der Waals surface area contributed by atoms with E-state index in [2.05, 4.69) is 27.2 Å². The molecule has 0 spiro atoms. The summed E-state index contributed by atoms with van der Waals surface area (Å²) in [6.07, 6.45) is 2.40. The van der Waals surface area contributed by atoms with Gasteiger partial charge in [-0.05, 0) is 38.7 Å². The molecule has 0 radical (unpaired) electrons. The molecule has 6 nitrogen and oxygen atoms in total. The van der Waals surface area contributed by atoms with Gasteiger partial charge in [-0.15, -0.1) is 0 Å². The van der Waals surface area contributed by atoms with Gasteiger partial charge in [-0.1, -0.05) is 30.3 Å². The minimum Gasteiger partial charge on any atom is -0.467 e. The van der Waals surface area contributed by atoms with Crippen LogP contribution < -0.4 is 5.32 Å². The number of carbonyl (C=O) groups excluding carboxylic acids is 1. The summed E-state index contributed by atoms with van der Waals surface area (Å²) in [5.74, 6) is 0.714. The van der Waals surface area contributed by atoms with Gasteiger partial charge in [0.25, 0.3) is 5.91 Å². The van der Waals surface area contributed by atoms with Crippen LogP contribution in [0.2, 0.25) is 0 Å². The van der Waals surface area contributed by atoms with Crippen molar-refractivity contribution in [2.75, 3.05) is 46.9 Å². The van der Waals surface area contributed by atoms with Crippen LogP contribution in [0.25, 0.3) is 0 Å². The smallest absolute Gasteiger partial charge is 0.255 e. The lowest BCUT2D eigenvalue weighted by Crippen LogP contribution is -2.35.